The molecule has 0 aliphatic carbocycles. The molecule has 0 saturated carbocycles. The molecule has 0 aliphatic rings. The van der Waals surface area contributed by atoms with Crippen molar-refractivity contribution in [2.24, 2.45) is 0 Å². The zero-order valence-electron chi connectivity index (χ0n) is 19.9. The van der Waals surface area contributed by atoms with Gasteiger partial charge in [-0.1, -0.05) is 23.9 Å². The molecule has 36 heavy (non-hydrogen) atoms. The number of amides is 2. The van der Waals surface area contributed by atoms with Crippen LogP contribution in [-0.4, -0.2) is 46.6 Å². The van der Waals surface area contributed by atoms with E-state index >= 15 is 0 Å². The van der Waals surface area contributed by atoms with Crippen molar-refractivity contribution in [3.05, 3.63) is 78.4 Å². The SMILES string of the molecule is C=CCn1c(CNC(=O)/C=C/c2ccc(OC)c(OC)c2)nnc1SCC(=O)Nc1ccc(F)cc1. The van der Waals surface area contributed by atoms with Crippen molar-refractivity contribution in [2.45, 2.75) is 18.2 Å². The molecule has 3 aromatic rings. The standard InChI is InChI=1S/C25H26FN5O4S/c1-4-13-31-22(15-27-23(32)12-6-17-5-11-20(34-2)21(14-17)35-3)29-30-25(31)36-16-24(33)28-19-9-7-18(26)8-10-19/h4-12,14H,1,13,15-16H2,2-3H3,(H,27,32)(H,28,33)/b12-6+. The average Bonchev–Trinajstić information content (AvgIpc) is 3.27. The van der Waals surface area contributed by atoms with Crippen molar-refractivity contribution in [1.29, 1.82) is 0 Å². The van der Waals surface area contributed by atoms with E-state index in [1.807, 2.05) is 6.07 Å². The molecular formula is C25H26FN5O4S. The van der Waals surface area contributed by atoms with E-state index in [-0.39, 0.29) is 29.9 Å². The number of thioether (sulfide) groups is 1. The van der Waals surface area contributed by atoms with Gasteiger partial charge in [0.2, 0.25) is 11.8 Å². The van der Waals surface area contributed by atoms with Crippen LogP contribution >= 0.6 is 11.8 Å². The Morgan fingerprint density at radius 3 is 2.56 bits per heavy atom. The molecular weight excluding hydrogens is 485 g/mol. The van der Waals surface area contributed by atoms with E-state index in [2.05, 4.69) is 27.4 Å². The van der Waals surface area contributed by atoms with Crippen molar-refractivity contribution in [3.8, 4) is 11.5 Å². The van der Waals surface area contributed by atoms with Crippen LogP contribution < -0.4 is 20.1 Å². The summed E-state index contributed by atoms with van der Waals surface area (Å²) >= 11 is 1.19. The fraction of sp³-hybridized carbons (Fsp3) is 0.200. The third-order valence-electron chi connectivity index (χ3n) is 4.82. The van der Waals surface area contributed by atoms with E-state index in [0.29, 0.717) is 34.7 Å². The van der Waals surface area contributed by atoms with E-state index in [0.717, 1.165) is 5.56 Å². The van der Waals surface area contributed by atoms with Crippen LogP contribution in [0.1, 0.15) is 11.4 Å². The molecule has 188 valence electrons. The molecule has 0 bridgehead atoms. The number of hydrogen-bond acceptors (Lipinski definition) is 7. The van der Waals surface area contributed by atoms with Gasteiger partial charge in [-0.15, -0.1) is 16.8 Å². The summed E-state index contributed by atoms with van der Waals surface area (Å²) in [5.74, 6) is 0.796. The second kappa shape index (κ2) is 13.1. The summed E-state index contributed by atoms with van der Waals surface area (Å²) in [6.45, 7) is 4.29. The van der Waals surface area contributed by atoms with Crippen LogP contribution in [0.2, 0.25) is 0 Å². The average molecular weight is 512 g/mol. The Labute approximate surface area is 212 Å². The molecule has 9 nitrogen and oxygen atoms in total. The van der Waals surface area contributed by atoms with Crippen LogP contribution in [0.4, 0.5) is 10.1 Å². The van der Waals surface area contributed by atoms with E-state index in [1.54, 1.807) is 43.1 Å². The van der Waals surface area contributed by atoms with Crippen molar-refractivity contribution in [3.63, 3.8) is 0 Å². The Hall–Kier alpha value is -4.12. The number of benzene rings is 2. The molecule has 0 aliphatic heterocycles. The van der Waals surface area contributed by atoms with Crippen molar-refractivity contribution in [1.82, 2.24) is 20.1 Å². The topological polar surface area (TPSA) is 107 Å². The molecule has 1 aromatic heterocycles. The van der Waals surface area contributed by atoms with Crippen molar-refractivity contribution < 1.29 is 23.5 Å². The molecule has 0 atom stereocenters. The quantitative estimate of drug-likeness (QED) is 0.217. The van der Waals surface area contributed by atoms with Crippen LogP contribution in [0.3, 0.4) is 0 Å². The minimum atomic E-state index is -0.379. The van der Waals surface area contributed by atoms with Crippen LogP contribution in [0, 0.1) is 5.82 Å². The molecule has 11 heteroatoms. The summed E-state index contributed by atoms with van der Waals surface area (Å²) in [7, 11) is 3.10. The second-order valence-electron chi connectivity index (χ2n) is 7.31. The van der Waals surface area contributed by atoms with Crippen molar-refractivity contribution in [2.75, 3.05) is 25.3 Å². The maximum absolute atomic E-state index is 13.0. The molecule has 0 saturated heterocycles. The number of rotatable bonds is 12. The van der Waals surface area contributed by atoms with Gasteiger partial charge < -0.3 is 24.7 Å². The number of aromatic nitrogens is 3. The van der Waals surface area contributed by atoms with Gasteiger partial charge in [0, 0.05) is 18.3 Å². The zero-order valence-corrected chi connectivity index (χ0v) is 20.7. The smallest absolute Gasteiger partial charge is 0.244 e. The molecule has 0 radical (unpaired) electrons. The van der Waals surface area contributed by atoms with Gasteiger partial charge in [-0.3, -0.25) is 9.59 Å². The number of nitrogens with one attached hydrogen (secondary N) is 2. The van der Waals surface area contributed by atoms with Crippen molar-refractivity contribution >= 4 is 35.3 Å². The third-order valence-corrected chi connectivity index (χ3v) is 5.79. The van der Waals surface area contributed by atoms with E-state index in [9.17, 15) is 14.0 Å². The lowest BCUT2D eigenvalue weighted by Gasteiger charge is -2.09. The summed E-state index contributed by atoms with van der Waals surface area (Å²) in [5, 5.41) is 14.3. The Balaban J connectivity index is 1.56. The van der Waals surface area contributed by atoms with E-state index in [4.69, 9.17) is 9.47 Å². The molecule has 2 amide bonds. The molecule has 2 aromatic carbocycles. The van der Waals surface area contributed by atoms with Gasteiger partial charge in [-0.2, -0.15) is 0 Å². The number of hydrogen-bond donors (Lipinski definition) is 2. The first-order valence-corrected chi connectivity index (χ1v) is 11.8. The van der Waals surface area contributed by atoms with Crippen LogP contribution in [0.15, 0.2) is 66.4 Å². The first-order valence-electron chi connectivity index (χ1n) is 10.8. The Morgan fingerprint density at radius 1 is 1.11 bits per heavy atom. The summed E-state index contributed by atoms with van der Waals surface area (Å²) in [6.07, 6.45) is 4.74. The first-order chi connectivity index (χ1) is 17.4. The fourth-order valence-corrected chi connectivity index (χ4v) is 3.85. The van der Waals surface area contributed by atoms with Gasteiger partial charge in [0.25, 0.3) is 0 Å². The molecule has 3 rings (SSSR count). The number of carbonyl (C=O) groups is 2. The van der Waals surface area contributed by atoms with Gasteiger partial charge in [0.1, 0.15) is 5.82 Å². The highest BCUT2D eigenvalue weighted by atomic mass is 32.2. The molecule has 0 fully saturated rings. The molecule has 1 heterocycles. The van der Waals surface area contributed by atoms with E-state index in [1.165, 1.54) is 42.1 Å². The minimum absolute atomic E-state index is 0.0765. The minimum Gasteiger partial charge on any atom is -0.493 e. The number of halogens is 1. The second-order valence-corrected chi connectivity index (χ2v) is 8.25. The predicted molar refractivity (Wildman–Crippen MR) is 136 cm³/mol. The monoisotopic (exact) mass is 511 g/mol. The lowest BCUT2D eigenvalue weighted by Crippen LogP contribution is -2.23. The highest BCUT2D eigenvalue weighted by Crippen LogP contribution is 2.28. The Bertz CT molecular complexity index is 1240. The normalized spacial score (nSPS) is 10.8. The summed E-state index contributed by atoms with van der Waals surface area (Å²) in [5.41, 5.74) is 1.27. The first kappa shape index (κ1) is 26.5. The van der Waals surface area contributed by atoms with Crippen LogP contribution in [0.5, 0.6) is 11.5 Å². The largest absolute Gasteiger partial charge is 0.493 e. The number of anilines is 1. The number of nitrogens with zero attached hydrogens (tertiary/aromatic N) is 3. The van der Waals surface area contributed by atoms with Crippen LogP contribution in [0.25, 0.3) is 6.08 Å². The number of methoxy groups -OCH3 is 2. The van der Waals surface area contributed by atoms with Gasteiger partial charge >= 0.3 is 0 Å². The van der Waals surface area contributed by atoms with Gasteiger partial charge in [-0.25, -0.2) is 4.39 Å². The summed E-state index contributed by atoms with van der Waals surface area (Å²) < 4.78 is 25.3. The lowest BCUT2D eigenvalue weighted by molar-refractivity contribution is -0.116. The molecule has 0 unspecified atom stereocenters. The maximum Gasteiger partial charge on any atom is 0.244 e. The molecule has 0 spiro atoms. The van der Waals surface area contributed by atoms with Gasteiger partial charge in [0.15, 0.2) is 22.5 Å². The fourth-order valence-electron chi connectivity index (χ4n) is 3.08. The zero-order chi connectivity index (χ0) is 25.9. The third kappa shape index (κ3) is 7.44. The van der Waals surface area contributed by atoms with Gasteiger partial charge in [0.05, 0.1) is 26.5 Å². The van der Waals surface area contributed by atoms with E-state index < -0.39 is 0 Å². The number of ether oxygens (including phenoxy) is 2. The highest BCUT2D eigenvalue weighted by Gasteiger charge is 2.14. The van der Waals surface area contributed by atoms with Crippen LogP contribution in [-0.2, 0) is 22.7 Å². The highest BCUT2D eigenvalue weighted by molar-refractivity contribution is 7.99. The number of allylic oxidation sites excluding steroid dienone is 1. The lowest BCUT2D eigenvalue weighted by atomic mass is 10.2. The summed E-state index contributed by atoms with van der Waals surface area (Å²) in [4.78, 5) is 24.6. The Kier molecular flexibility index (Phi) is 9.64. The molecule has 2 N–H and O–H groups in total. The van der Waals surface area contributed by atoms with Gasteiger partial charge in [-0.05, 0) is 48.0 Å². The predicted octanol–water partition coefficient (Wildman–Crippen LogP) is 3.68. The summed E-state index contributed by atoms with van der Waals surface area (Å²) in [6, 6.07) is 10.8. The Morgan fingerprint density at radius 2 is 1.86 bits per heavy atom. The maximum atomic E-state index is 13.0. The number of carbonyl (C=O) groups excluding carboxylic acids is 2.